The number of rotatable bonds is 3. The lowest BCUT2D eigenvalue weighted by Gasteiger charge is -2.02. The third kappa shape index (κ3) is 2.20. The third-order valence-corrected chi connectivity index (χ3v) is 2.66. The van der Waals surface area contributed by atoms with E-state index in [2.05, 4.69) is 20.9 Å². The Balaban J connectivity index is 2.55. The van der Waals surface area contributed by atoms with Gasteiger partial charge in [0, 0.05) is 10.5 Å². The Morgan fingerprint density at radius 2 is 1.94 bits per heavy atom. The van der Waals surface area contributed by atoms with E-state index in [-0.39, 0.29) is 17.2 Å². The van der Waals surface area contributed by atoms with Crippen molar-refractivity contribution < 1.29 is 9.85 Å². The Bertz CT molecular complexity index is 639. The van der Waals surface area contributed by atoms with E-state index in [0.717, 1.165) is 12.5 Å². The van der Waals surface area contributed by atoms with Crippen molar-refractivity contribution in [2.24, 2.45) is 0 Å². The molecular weight excluding hydrogens is 308 g/mol. The predicted octanol–water partition coefficient (Wildman–Crippen LogP) is 2.45. The molecule has 0 amide bonds. The van der Waals surface area contributed by atoms with Crippen molar-refractivity contribution in [3.05, 3.63) is 55.4 Å². The first kappa shape index (κ1) is 12.2. The molecule has 0 spiro atoms. The summed E-state index contributed by atoms with van der Waals surface area (Å²) in [6.07, 6.45) is 2.28. The topological polar surface area (TPSA) is 104 Å². The minimum absolute atomic E-state index is 0.170. The van der Waals surface area contributed by atoms with Gasteiger partial charge in [0.25, 0.3) is 5.69 Å². The third-order valence-electron chi connectivity index (χ3n) is 2.17. The molecule has 1 aromatic carbocycles. The van der Waals surface area contributed by atoms with Gasteiger partial charge in [-0.2, -0.15) is 0 Å². The standard InChI is InChI=1S/C9H5BrN4O4/c10-6-1-2-7(8(3-6)13(15)16)12-4-9(11-5-12)14(17)18/h1-5H. The Morgan fingerprint density at radius 1 is 1.22 bits per heavy atom. The summed E-state index contributed by atoms with van der Waals surface area (Å²) in [4.78, 5) is 23.7. The van der Waals surface area contributed by atoms with E-state index in [9.17, 15) is 20.2 Å². The van der Waals surface area contributed by atoms with Crippen LogP contribution in [0.3, 0.4) is 0 Å². The first-order valence-electron chi connectivity index (χ1n) is 4.62. The zero-order valence-electron chi connectivity index (χ0n) is 8.69. The maximum Gasteiger partial charge on any atom is 0.381 e. The molecule has 0 atom stereocenters. The lowest BCUT2D eigenvalue weighted by atomic mass is 10.2. The molecule has 2 rings (SSSR count). The fourth-order valence-electron chi connectivity index (χ4n) is 1.40. The van der Waals surface area contributed by atoms with Crippen LogP contribution in [0.25, 0.3) is 5.69 Å². The zero-order chi connectivity index (χ0) is 13.3. The van der Waals surface area contributed by atoms with Gasteiger partial charge in [0.2, 0.25) is 6.33 Å². The van der Waals surface area contributed by atoms with E-state index in [1.807, 2.05) is 0 Å². The Kier molecular flexibility index (Phi) is 3.06. The van der Waals surface area contributed by atoms with Crippen LogP contribution in [-0.2, 0) is 0 Å². The number of nitro benzene ring substituents is 1. The maximum absolute atomic E-state index is 10.9. The molecule has 18 heavy (non-hydrogen) atoms. The lowest BCUT2D eigenvalue weighted by Crippen LogP contribution is -1.98. The van der Waals surface area contributed by atoms with E-state index in [0.29, 0.717) is 4.47 Å². The monoisotopic (exact) mass is 312 g/mol. The molecule has 0 radical (unpaired) electrons. The first-order valence-corrected chi connectivity index (χ1v) is 5.41. The molecule has 92 valence electrons. The zero-order valence-corrected chi connectivity index (χ0v) is 10.3. The van der Waals surface area contributed by atoms with Crippen molar-refractivity contribution >= 4 is 27.4 Å². The second-order valence-electron chi connectivity index (χ2n) is 3.29. The molecule has 0 aliphatic carbocycles. The highest BCUT2D eigenvalue weighted by Gasteiger charge is 2.19. The lowest BCUT2D eigenvalue weighted by molar-refractivity contribution is -0.389. The SMILES string of the molecule is O=[N+]([O-])c1cn(-c2ccc(Br)cc2[N+](=O)[O-])cn1. The van der Waals surface area contributed by atoms with Gasteiger partial charge in [0.05, 0.1) is 4.92 Å². The fraction of sp³-hybridized carbons (Fsp3) is 0. The molecule has 0 unspecified atom stereocenters. The molecule has 0 N–H and O–H groups in total. The fourth-order valence-corrected chi connectivity index (χ4v) is 1.75. The highest BCUT2D eigenvalue weighted by atomic mass is 79.9. The summed E-state index contributed by atoms with van der Waals surface area (Å²) in [6, 6.07) is 4.41. The average molecular weight is 313 g/mol. The van der Waals surface area contributed by atoms with Crippen LogP contribution in [0, 0.1) is 20.2 Å². The van der Waals surface area contributed by atoms with E-state index in [1.165, 1.54) is 16.7 Å². The van der Waals surface area contributed by atoms with Gasteiger partial charge in [0.15, 0.2) is 0 Å². The average Bonchev–Trinajstić information content (AvgIpc) is 2.78. The van der Waals surface area contributed by atoms with Crippen LogP contribution in [0.5, 0.6) is 0 Å². The van der Waals surface area contributed by atoms with Crippen molar-refractivity contribution in [2.45, 2.75) is 0 Å². The van der Waals surface area contributed by atoms with Gasteiger partial charge in [-0.05, 0) is 22.0 Å². The molecular formula is C9H5BrN4O4. The molecule has 0 aliphatic heterocycles. The van der Waals surface area contributed by atoms with Crippen molar-refractivity contribution in [1.82, 2.24) is 9.55 Å². The van der Waals surface area contributed by atoms with Crippen LogP contribution >= 0.6 is 15.9 Å². The number of nitro groups is 2. The van der Waals surface area contributed by atoms with Crippen LogP contribution in [0.2, 0.25) is 0 Å². The van der Waals surface area contributed by atoms with Crippen molar-refractivity contribution in [2.75, 3.05) is 0 Å². The van der Waals surface area contributed by atoms with Gasteiger partial charge >= 0.3 is 5.82 Å². The Hall–Kier alpha value is -2.29. The van der Waals surface area contributed by atoms with E-state index < -0.39 is 9.85 Å². The smallest absolute Gasteiger partial charge is 0.358 e. The minimum atomic E-state index is -0.665. The molecule has 0 fully saturated rings. The summed E-state index contributed by atoms with van der Waals surface area (Å²) in [6.45, 7) is 0. The van der Waals surface area contributed by atoms with Crippen LogP contribution < -0.4 is 0 Å². The normalized spacial score (nSPS) is 10.3. The maximum atomic E-state index is 10.9. The summed E-state index contributed by atoms with van der Waals surface area (Å²) in [5.41, 5.74) is 0.0421. The van der Waals surface area contributed by atoms with Gasteiger partial charge in [-0.15, -0.1) is 0 Å². The quantitative estimate of drug-likeness (QED) is 0.639. The van der Waals surface area contributed by atoms with Crippen LogP contribution in [0.4, 0.5) is 11.5 Å². The minimum Gasteiger partial charge on any atom is -0.358 e. The Morgan fingerprint density at radius 3 is 2.50 bits per heavy atom. The van der Waals surface area contributed by atoms with Crippen LogP contribution in [0.1, 0.15) is 0 Å². The second kappa shape index (κ2) is 4.53. The summed E-state index contributed by atoms with van der Waals surface area (Å²) >= 11 is 3.13. The molecule has 9 heteroatoms. The molecule has 1 aromatic heterocycles. The second-order valence-corrected chi connectivity index (χ2v) is 4.20. The van der Waals surface area contributed by atoms with Gasteiger partial charge < -0.3 is 10.1 Å². The number of halogens is 1. The largest absolute Gasteiger partial charge is 0.381 e. The van der Waals surface area contributed by atoms with Gasteiger partial charge in [-0.3, -0.25) is 14.7 Å². The van der Waals surface area contributed by atoms with E-state index in [1.54, 1.807) is 6.07 Å². The predicted molar refractivity (Wildman–Crippen MR) is 64.6 cm³/mol. The van der Waals surface area contributed by atoms with Crippen molar-refractivity contribution in [1.29, 1.82) is 0 Å². The summed E-state index contributed by atoms with van der Waals surface area (Å²) in [7, 11) is 0. The number of nitrogens with zero attached hydrogens (tertiary/aromatic N) is 4. The van der Waals surface area contributed by atoms with E-state index in [4.69, 9.17) is 0 Å². The summed E-state index contributed by atoms with van der Waals surface area (Å²) in [5.74, 6) is -0.368. The van der Waals surface area contributed by atoms with E-state index >= 15 is 0 Å². The Labute approximate surface area is 108 Å². The van der Waals surface area contributed by atoms with Gasteiger partial charge in [-0.1, -0.05) is 15.9 Å². The first-order chi connectivity index (χ1) is 8.49. The van der Waals surface area contributed by atoms with Crippen molar-refractivity contribution in [3.8, 4) is 5.69 Å². The molecule has 0 aliphatic rings. The molecule has 2 aromatic rings. The van der Waals surface area contributed by atoms with Crippen LogP contribution in [0.15, 0.2) is 35.2 Å². The number of imidazole rings is 1. The van der Waals surface area contributed by atoms with Crippen molar-refractivity contribution in [3.63, 3.8) is 0 Å². The molecule has 8 nitrogen and oxygen atoms in total. The molecule has 0 saturated heterocycles. The summed E-state index contributed by atoms with van der Waals surface area (Å²) < 4.78 is 1.79. The van der Waals surface area contributed by atoms with Gasteiger partial charge in [0.1, 0.15) is 11.9 Å². The number of benzene rings is 1. The molecule has 0 saturated carbocycles. The highest BCUT2D eigenvalue weighted by Crippen LogP contribution is 2.27. The molecule has 0 bridgehead atoms. The number of aromatic nitrogens is 2. The van der Waals surface area contributed by atoms with Gasteiger partial charge in [-0.25, -0.2) is 0 Å². The molecule has 1 heterocycles. The summed E-state index contributed by atoms with van der Waals surface area (Å²) in [5, 5.41) is 21.4. The van der Waals surface area contributed by atoms with Crippen LogP contribution in [-0.4, -0.2) is 19.4 Å². The highest BCUT2D eigenvalue weighted by molar-refractivity contribution is 9.10. The number of hydrogen-bond donors (Lipinski definition) is 0. The number of hydrogen-bond acceptors (Lipinski definition) is 5.